The van der Waals surface area contributed by atoms with Gasteiger partial charge in [-0.2, -0.15) is 0 Å². The van der Waals surface area contributed by atoms with Crippen molar-refractivity contribution in [1.29, 1.82) is 0 Å². The molecule has 0 spiro atoms. The summed E-state index contributed by atoms with van der Waals surface area (Å²) in [7, 11) is 0. The quantitative estimate of drug-likeness (QED) is 0.317. The highest BCUT2D eigenvalue weighted by Crippen LogP contribution is 2.67. The minimum absolute atomic E-state index is 0.115. The zero-order valence-corrected chi connectivity index (χ0v) is 21.2. The normalized spacial score (nSPS) is 42.9. The minimum Gasteiger partial charge on any atom is -0.462 e. The van der Waals surface area contributed by atoms with E-state index in [0.29, 0.717) is 10.8 Å². The van der Waals surface area contributed by atoms with Gasteiger partial charge in [0.05, 0.1) is 0 Å². The number of hydrogen-bond acceptors (Lipinski definition) is 2. The molecular weight excluding hydrogens is 380 g/mol. The van der Waals surface area contributed by atoms with Gasteiger partial charge >= 0.3 is 5.97 Å². The molecule has 2 nitrogen and oxygen atoms in total. The van der Waals surface area contributed by atoms with Crippen molar-refractivity contribution in [2.24, 2.45) is 46.3 Å². The number of ether oxygens (including phenoxy) is 1. The summed E-state index contributed by atoms with van der Waals surface area (Å²) < 4.78 is 5.61. The van der Waals surface area contributed by atoms with Crippen LogP contribution in [0, 0.1) is 46.3 Å². The summed E-state index contributed by atoms with van der Waals surface area (Å²) in [4.78, 5) is 11.5. The van der Waals surface area contributed by atoms with Crippen LogP contribution >= 0.6 is 0 Å². The van der Waals surface area contributed by atoms with Crippen molar-refractivity contribution in [3.63, 3.8) is 0 Å². The molecule has 0 radical (unpaired) electrons. The van der Waals surface area contributed by atoms with Crippen LogP contribution in [0.4, 0.5) is 0 Å². The maximum atomic E-state index is 11.5. The lowest BCUT2D eigenvalue weighted by Crippen LogP contribution is -2.51. The summed E-state index contributed by atoms with van der Waals surface area (Å²) >= 11 is 0. The molecule has 8 atom stereocenters. The fourth-order valence-corrected chi connectivity index (χ4v) is 8.99. The van der Waals surface area contributed by atoms with E-state index in [1.54, 1.807) is 12.5 Å². The fraction of sp³-hybridized carbons (Fsp3) is 0.897. The fourth-order valence-electron chi connectivity index (χ4n) is 8.99. The van der Waals surface area contributed by atoms with Gasteiger partial charge in [0.2, 0.25) is 0 Å². The Bertz CT molecular complexity index is 693. The van der Waals surface area contributed by atoms with Gasteiger partial charge in [-0.1, -0.05) is 65.5 Å². The second-order valence-electron chi connectivity index (χ2n) is 12.8. The predicted octanol–water partition coefficient (Wildman–Crippen LogP) is 7.96. The second-order valence-corrected chi connectivity index (χ2v) is 12.8. The molecule has 0 aliphatic heterocycles. The van der Waals surface area contributed by atoms with Crippen LogP contribution in [0.25, 0.3) is 0 Å². The van der Waals surface area contributed by atoms with E-state index in [1.165, 1.54) is 57.8 Å². The van der Waals surface area contributed by atoms with Gasteiger partial charge in [-0.05, 0) is 91.3 Å². The van der Waals surface area contributed by atoms with Gasteiger partial charge in [-0.15, -0.1) is 0 Å². The molecule has 176 valence electrons. The smallest absolute Gasteiger partial charge is 0.302 e. The topological polar surface area (TPSA) is 26.3 Å². The Hall–Kier alpha value is -0.790. The van der Waals surface area contributed by atoms with E-state index in [0.717, 1.165) is 48.3 Å². The van der Waals surface area contributed by atoms with Crippen LogP contribution < -0.4 is 0 Å². The summed E-state index contributed by atoms with van der Waals surface area (Å²) in [6.07, 6.45) is 17.2. The number of fused-ring (bicyclic) bond motifs is 5. The highest BCUT2D eigenvalue weighted by molar-refractivity contribution is 5.66. The number of esters is 1. The summed E-state index contributed by atoms with van der Waals surface area (Å²) in [5, 5.41) is 0. The van der Waals surface area contributed by atoms with Gasteiger partial charge in [-0.25, -0.2) is 0 Å². The number of allylic oxidation sites excluding steroid dienone is 1. The molecule has 4 aliphatic carbocycles. The van der Waals surface area contributed by atoms with Crippen molar-refractivity contribution in [3.8, 4) is 0 Å². The molecule has 3 fully saturated rings. The first-order valence-corrected chi connectivity index (χ1v) is 13.5. The molecule has 3 saturated carbocycles. The standard InChI is InChI=1S/C29H48O2/c1-19(2)8-7-9-20(3)25-12-13-26-24-11-10-22-18-23(31-21(4)30)14-16-28(22,5)27(24)15-17-29(25,26)6/h10,19-20,23-27H,7-9,11-18H2,1-6H3/t20?,23-,24-,25+,26-,27?,28-,29+/m0/s1. The van der Waals surface area contributed by atoms with Crippen LogP contribution in [0.15, 0.2) is 11.6 Å². The lowest BCUT2D eigenvalue weighted by atomic mass is 9.47. The van der Waals surface area contributed by atoms with Gasteiger partial charge in [0.25, 0.3) is 0 Å². The Morgan fingerprint density at radius 1 is 1.06 bits per heavy atom. The Morgan fingerprint density at radius 3 is 2.55 bits per heavy atom. The van der Waals surface area contributed by atoms with Crippen molar-refractivity contribution in [2.45, 2.75) is 118 Å². The molecule has 2 heteroatoms. The van der Waals surface area contributed by atoms with E-state index >= 15 is 0 Å². The van der Waals surface area contributed by atoms with E-state index in [2.05, 4.69) is 40.7 Å². The van der Waals surface area contributed by atoms with Gasteiger partial charge in [0.15, 0.2) is 0 Å². The molecule has 0 N–H and O–H groups in total. The Morgan fingerprint density at radius 2 is 1.84 bits per heavy atom. The molecule has 0 aromatic carbocycles. The molecule has 0 aromatic rings. The third-order valence-corrected chi connectivity index (χ3v) is 10.6. The maximum Gasteiger partial charge on any atom is 0.302 e. The number of carbonyl (C=O) groups excluding carboxylic acids is 1. The highest BCUT2D eigenvalue weighted by Gasteiger charge is 2.59. The summed E-state index contributed by atoms with van der Waals surface area (Å²) in [5.41, 5.74) is 2.53. The van der Waals surface area contributed by atoms with Crippen LogP contribution in [0.5, 0.6) is 0 Å². The van der Waals surface area contributed by atoms with Gasteiger partial charge in [-0.3, -0.25) is 4.79 Å². The summed E-state index contributed by atoms with van der Waals surface area (Å²) in [6, 6.07) is 0. The summed E-state index contributed by atoms with van der Waals surface area (Å²) in [5.74, 6) is 5.19. The molecule has 0 bridgehead atoms. The van der Waals surface area contributed by atoms with Crippen LogP contribution in [0.3, 0.4) is 0 Å². The monoisotopic (exact) mass is 428 g/mol. The van der Waals surface area contributed by atoms with Crippen molar-refractivity contribution in [1.82, 2.24) is 0 Å². The molecule has 0 heterocycles. The van der Waals surface area contributed by atoms with E-state index in [9.17, 15) is 4.79 Å². The third-order valence-electron chi connectivity index (χ3n) is 10.6. The van der Waals surface area contributed by atoms with Crippen molar-refractivity contribution in [2.75, 3.05) is 0 Å². The largest absolute Gasteiger partial charge is 0.462 e. The van der Waals surface area contributed by atoms with Crippen LogP contribution in [-0.2, 0) is 9.53 Å². The predicted molar refractivity (Wildman–Crippen MR) is 129 cm³/mol. The average molecular weight is 429 g/mol. The minimum atomic E-state index is -0.115. The first-order valence-electron chi connectivity index (χ1n) is 13.5. The SMILES string of the molecule is CC(=O)O[C@H]1CC[C@@]2(C)C(=CC[C@@H]3C2CC[C@]2(C)[C@@H](C(C)CCCC(C)C)CC[C@@H]32)C1. The van der Waals surface area contributed by atoms with Gasteiger partial charge in [0.1, 0.15) is 6.10 Å². The Kier molecular flexibility index (Phi) is 6.68. The molecule has 4 aliphatic rings. The lowest BCUT2D eigenvalue weighted by molar-refractivity contribution is -0.148. The van der Waals surface area contributed by atoms with Gasteiger partial charge < -0.3 is 4.74 Å². The van der Waals surface area contributed by atoms with Crippen molar-refractivity contribution < 1.29 is 9.53 Å². The van der Waals surface area contributed by atoms with E-state index < -0.39 is 0 Å². The molecule has 0 amide bonds. The first-order chi connectivity index (χ1) is 14.6. The van der Waals surface area contributed by atoms with E-state index in [1.807, 2.05) is 0 Å². The zero-order chi connectivity index (χ0) is 22.4. The number of rotatable bonds is 6. The molecule has 4 rings (SSSR count). The average Bonchev–Trinajstić information content (AvgIpc) is 3.05. The van der Waals surface area contributed by atoms with Crippen LogP contribution in [0.2, 0.25) is 0 Å². The van der Waals surface area contributed by atoms with E-state index in [4.69, 9.17) is 4.74 Å². The molecule has 0 saturated heterocycles. The molecular formula is C29H48O2. The molecule has 0 aromatic heterocycles. The third kappa shape index (κ3) is 4.26. The Balaban J connectivity index is 1.47. The maximum absolute atomic E-state index is 11.5. The number of carbonyl (C=O) groups is 1. The highest BCUT2D eigenvalue weighted by atomic mass is 16.5. The van der Waals surface area contributed by atoms with E-state index in [-0.39, 0.29) is 12.1 Å². The van der Waals surface area contributed by atoms with Crippen molar-refractivity contribution >= 4 is 5.97 Å². The van der Waals surface area contributed by atoms with Crippen LogP contribution in [0.1, 0.15) is 112 Å². The zero-order valence-electron chi connectivity index (χ0n) is 21.2. The Labute approximate surface area is 192 Å². The molecule has 2 unspecified atom stereocenters. The van der Waals surface area contributed by atoms with Crippen LogP contribution in [-0.4, -0.2) is 12.1 Å². The van der Waals surface area contributed by atoms with Gasteiger partial charge in [0, 0.05) is 13.3 Å². The summed E-state index contributed by atoms with van der Waals surface area (Å²) in [6.45, 7) is 14.1. The molecule has 31 heavy (non-hydrogen) atoms. The van der Waals surface area contributed by atoms with Crippen molar-refractivity contribution in [3.05, 3.63) is 11.6 Å². The number of hydrogen-bond donors (Lipinski definition) is 0. The lowest BCUT2D eigenvalue weighted by Gasteiger charge is -2.58. The second kappa shape index (κ2) is 8.86. The first kappa shape index (κ1) is 23.4.